The van der Waals surface area contributed by atoms with Crippen molar-refractivity contribution in [2.75, 3.05) is 26.8 Å². The molecule has 1 N–H and O–H groups in total. The minimum absolute atomic E-state index is 0.0931. The fourth-order valence-corrected chi connectivity index (χ4v) is 2.29. The van der Waals surface area contributed by atoms with E-state index < -0.39 is 5.60 Å². The zero-order valence-electron chi connectivity index (χ0n) is 12.2. The first-order valence-electron chi connectivity index (χ1n) is 6.85. The Bertz CT molecular complexity index is 495. The van der Waals surface area contributed by atoms with Gasteiger partial charge in [0.25, 0.3) is 5.91 Å². The number of ether oxygens (including phenoxy) is 2. The van der Waals surface area contributed by atoms with Crippen LogP contribution in [0.15, 0.2) is 18.2 Å². The van der Waals surface area contributed by atoms with Gasteiger partial charge < -0.3 is 19.5 Å². The van der Waals surface area contributed by atoms with Crippen molar-refractivity contribution in [1.29, 1.82) is 0 Å². The Balaban J connectivity index is 2.11. The van der Waals surface area contributed by atoms with Crippen LogP contribution in [0.1, 0.15) is 30.6 Å². The maximum Gasteiger partial charge on any atom is 0.254 e. The van der Waals surface area contributed by atoms with Crippen LogP contribution in [0, 0.1) is 0 Å². The minimum atomic E-state index is -0.717. The molecule has 20 heavy (non-hydrogen) atoms. The van der Waals surface area contributed by atoms with E-state index in [1.54, 1.807) is 30.2 Å². The van der Waals surface area contributed by atoms with E-state index in [1.165, 1.54) is 0 Å². The molecule has 1 heterocycles. The number of hydrogen-bond donors (Lipinski definition) is 1. The SMILES string of the molecule is CCOc1ccc(C(=O)N2CC(O)(CC)C2)cc1OC. The van der Waals surface area contributed by atoms with E-state index in [-0.39, 0.29) is 5.91 Å². The summed E-state index contributed by atoms with van der Waals surface area (Å²) in [5, 5.41) is 9.96. The standard InChI is InChI=1S/C15H21NO4/c1-4-15(18)9-16(10-15)14(17)11-6-7-12(20-5-2)13(8-11)19-3/h6-8,18H,4-5,9-10H2,1-3H3. The van der Waals surface area contributed by atoms with Gasteiger partial charge in [0, 0.05) is 5.56 Å². The Labute approximate surface area is 119 Å². The molecule has 1 aliphatic heterocycles. The smallest absolute Gasteiger partial charge is 0.254 e. The average Bonchev–Trinajstić information content (AvgIpc) is 2.44. The molecule has 1 fully saturated rings. The maximum atomic E-state index is 12.3. The molecule has 0 unspecified atom stereocenters. The van der Waals surface area contributed by atoms with Gasteiger partial charge in [-0.1, -0.05) is 6.92 Å². The number of nitrogens with zero attached hydrogens (tertiary/aromatic N) is 1. The van der Waals surface area contributed by atoms with Crippen molar-refractivity contribution in [2.45, 2.75) is 25.9 Å². The maximum absolute atomic E-state index is 12.3. The van der Waals surface area contributed by atoms with Gasteiger partial charge in [0.2, 0.25) is 0 Å². The van der Waals surface area contributed by atoms with Gasteiger partial charge in [-0.15, -0.1) is 0 Å². The summed E-state index contributed by atoms with van der Waals surface area (Å²) in [6.07, 6.45) is 0.656. The molecule has 0 aliphatic carbocycles. The molecule has 110 valence electrons. The van der Waals surface area contributed by atoms with Gasteiger partial charge in [0.05, 0.1) is 32.4 Å². The Hall–Kier alpha value is -1.75. The first-order chi connectivity index (χ1) is 9.53. The van der Waals surface area contributed by atoms with Gasteiger partial charge in [-0.3, -0.25) is 4.79 Å². The number of rotatable bonds is 5. The molecule has 0 atom stereocenters. The largest absolute Gasteiger partial charge is 0.493 e. The van der Waals surface area contributed by atoms with Crippen LogP contribution < -0.4 is 9.47 Å². The van der Waals surface area contributed by atoms with Crippen LogP contribution in [0.25, 0.3) is 0 Å². The van der Waals surface area contributed by atoms with Crippen molar-refractivity contribution in [3.63, 3.8) is 0 Å². The average molecular weight is 279 g/mol. The van der Waals surface area contributed by atoms with Crippen molar-refractivity contribution < 1.29 is 19.4 Å². The molecule has 1 aromatic rings. The Kier molecular flexibility index (Phi) is 4.18. The molecule has 2 rings (SSSR count). The third-order valence-electron chi connectivity index (χ3n) is 3.63. The second-order valence-electron chi connectivity index (χ2n) is 5.04. The Morgan fingerprint density at radius 1 is 1.35 bits per heavy atom. The highest BCUT2D eigenvalue weighted by atomic mass is 16.5. The van der Waals surface area contributed by atoms with Gasteiger partial charge in [0.1, 0.15) is 0 Å². The van der Waals surface area contributed by atoms with Crippen molar-refractivity contribution >= 4 is 5.91 Å². The lowest BCUT2D eigenvalue weighted by Crippen LogP contribution is -2.63. The van der Waals surface area contributed by atoms with Gasteiger partial charge in [-0.25, -0.2) is 0 Å². The molecule has 0 spiro atoms. The predicted octanol–water partition coefficient (Wildman–Crippen LogP) is 1.69. The van der Waals surface area contributed by atoms with Crippen LogP contribution in [0.2, 0.25) is 0 Å². The van der Waals surface area contributed by atoms with Crippen LogP contribution >= 0.6 is 0 Å². The monoisotopic (exact) mass is 279 g/mol. The topological polar surface area (TPSA) is 59.0 Å². The third kappa shape index (κ3) is 2.72. The first-order valence-corrected chi connectivity index (χ1v) is 6.85. The third-order valence-corrected chi connectivity index (χ3v) is 3.63. The fraction of sp³-hybridized carbons (Fsp3) is 0.533. The predicted molar refractivity (Wildman–Crippen MR) is 75.3 cm³/mol. The summed E-state index contributed by atoms with van der Waals surface area (Å²) in [6.45, 7) is 5.13. The molecule has 0 aromatic heterocycles. The zero-order chi connectivity index (χ0) is 14.8. The van der Waals surface area contributed by atoms with E-state index in [0.29, 0.717) is 43.2 Å². The minimum Gasteiger partial charge on any atom is -0.493 e. The quantitative estimate of drug-likeness (QED) is 0.891. The summed E-state index contributed by atoms with van der Waals surface area (Å²) in [4.78, 5) is 13.9. The summed E-state index contributed by atoms with van der Waals surface area (Å²) >= 11 is 0. The number of methoxy groups -OCH3 is 1. The molecule has 5 nitrogen and oxygen atoms in total. The zero-order valence-corrected chi connectivity index (χ0v) is 12.2. The molecule has 0 radical (unpaired) electrons. The molecule has 5 heteroatoms. The summed E-state index contributed by atoms with van der Waals surface area (Å²) in [5.74, 6) is 1.08. The Morgan fingerprint density at radius 3 is 2.60 bits per heavy atom. The number of likely N-dealkylation sites (tertiary alicyclic amines) is 1. The van der Waals surface area contributed by atoms with E-state index in [2.05, 4.69) is 0 Å². The number of β-amino-alcohol motifs (C(OH)–C–C–N with tert-alkyl or cyclic N) is 1. The van der Waals surface area contributed by atoms with Gasteiger partial charge in [0.15, 0.2) is 11.5 Å². The number of carbonyl (C=O) groups excluding carboxylic acids is 1. The molecule has 1 saturated heterocycles. The Morgan fingerprint density at radius 2 is 2.05 bits per heavy atom. The summed E-state index contributed by atoms with van der Waals surface area (Å²) in [7, 11) is 1.55. The highest BCUT2D eigenvalue weighted by Gasteiger charge is 2.42. The van der Waals surface area contributed by atoms with Gasteiger partial charge >= 0.3 is 0 Å². The van der Waals surface area contributed by atoms with E-state index in [0.717, 1.165) is 0 Å². The molecule has 1 aliphatic rings. The van der Waals surface area contributed by atoms with Gasteiger partial charge in [-0.2, -0.15) is 0 Å². The van der Waals surface area contributed by atoms with Crippen LogP contribution in [0.3, 0.4) is 0 Å². The highest BCUT2D eigenvalue weighted by molar-refractivity contribution is 5.95. The van der Waals surface area contributed by atoms with Crippen molar-refractivity contribution in [3.05, 3.63) is 23.8 Å². The second kappa shape index (κ2) is 5.71. The number of amides is 1. The number of hydrogen-bond acceptors (Lipinski definition) is 4. The summed E-state index contributed by atoms with van der Waals surface area (Å²) < 4.78 is 10.7. The number of carbonyl (C=O) groups is 1. The molecule has 0 bridgehead atoms. The molecule has 1 amide bonds. The molecular formula is C15H21NO4. The van der Waals surface area contributed by atoms with Crippen LogP contribution in [0.4, 0.5) is 0 Å². The van der Waals surface area contributed by atoms with Gasteiger partial charge in [-0.05, 0) is 31.5 Å². The molecule has 1 aromatic carbocycles. The lowest BCUT2D eigenvalue weighted by Gasteiger charge is -2.46. The first kappa shape index (κ1) is 14.7. The lowest BCUT2D eigenvalue weighted by atomic mass is 9.90. The van der Waals surface area contributed by atoms with E-state index in [1.807, 2.05) is 13.8 Å². The normalized spacial score (nSPS) is 16.5. The number of aliphatic hydroxyl groups is 1. The van der Waals surface area contributed by atoms with Crippen LogP contribution in [0.5, 0.6) is 11.5 Å². The summed E-state index contributed by atoms with van der Waals surface area (Å²) in [6, 6.07) is 5.14. The molecular weight excluding hydrogens is 258 g/mol. The van der Waals surface area contributed by atoms with Crippen molar-refractivity contribution in [1.82, 2.24) is 4.90 Å². The van der Waals surface area contributed by atoms with E-state index in [4.69, 9.17) is 9.47 Å². The van der Waals surface area contributed by atoms with Crippen LogP contribution in [-0.2, 0) is 0 Å². The summed E-state index contributed by atoms with van der Waals surface area (Å²) in [5.41, 5.74) is -0.172. The molecule has 0 saturated carbocycles. The highest BCUT2D eigenvalue weighted by Crippen LogP contribution is 2.31. The second-order valence-corrected chi connectivity index (χ2v) is 5.04. The fourth-order valence-electron chi connectivity index (χ4n) is 2.29. The number of benzene rings is 1. The van der Waals surface area contributed by atoms with Crippen molar-refractivity contribution in [2.24, 2.45) is 0 Å². The van der Waals surface area contributed by atoms with Crippen molar-refractivity contribution in [3.8, 4) is 11.5 Å². The lowest BCUT2D eigenvalue weighted by molar-refractivity contribution is -0.0826. The van der Waals surface area contributed by atoms with E-state index >= 15 is 0 Å². The van der Waals surface area contributed by atoms with Crippen LogP contribution in [-0.4, -0.2) is 48.3 Å². The van der Waals surface area contributed by atoms with E-state index in [9.17, 15) is 9.90 Å².